The summed E-state index contributed by atoms with van der Waals surface area (Å²) >= 11 is 6.77. The van der Waals surface area contributed by atoms with Crippen LogP contribution >= 0.6 is 31.9 Å². The number of carbonyl (C=O) groups is 1. The monoisotopic (exact) mass is 505 g/mol. The number of nitriles is 1. The quantitative estimate of drug-likeness (QED) is 0.182. The summed E-state index contributed by atoms with van der Waals surface area (Å²) in [6.07, 6.45) is 3.01. The molecule has 0 spiro atoms. The van der Waals surface area contributed by atoms with Gasteiger partial charge in [-0.05, 0) is 61.7 Å². The van der Waals surface area contributed by atoms with Crippen molar-refractivity contribution in [1.29, 1.82) is 5.26 Å². The number of benzene rings is 2. The zero-order valence-corrected chi connectivity index (χ0v) is 17.5. The normalized spacial score (nSPS) is 10.7. The number of amides is 1. The van der Waals surface area contributed by atoms with Gasteiger partial charge in [-0.2, -0.15) is 5.26 Å². The maximum absolute atomic E-state index is 12.4. The third kappa shape index (κ3) is 5.52. The smallest absolute Gasteiger partial charge is 0.271 e. The molecular weight excluding hydrogens is 494 g/mol. The Labute approximate surface area is 177 Å². The van der Waals surface area contributed by atoms with E-state index in [1.807, 2.05) is 6.07 Å². The second-order valence-electron chi connectivity index (χ2n) is 5.34. The Morgan fingerprint density at radius 1 is 1.32 bits per heavy atom. The van der Waals surface area contributed by atoms with E-state index in [0.29, 0.717) is 26.9 Å². The number of hydrogen-bond acceptors (Lipinski definition) is 5. The van der Waals surface area contributed by atoms with Gasteiger partial charge in [0.1, 0.15) is 24.0 Å². The molecule has 1 amide bonds. The maximum atomic E-state index is 12.4. The molecule has 2 aromatic carbocycles. The van der Waals surface area contributed by atoms with Gasteiger partial charge in [0.15, 0.2) is 0 Å². The summed E-state index contributed by atoms with van der Waals surface area (Å²) in [6, 6.07) is 10.7. The van der Waals surface area contributed by atoms with Crippen molar-refractivity contribution >= 4 is 55.2 Å². The molecule has 0 aliphatic rings. The molecule has 0 saturated heterocycles. The van der Waals surface area contributed by atoms with E-state index in [9.17, 15) is 20.2 Å². The number of ether oxygens (including phenoxy) is 1. The molecule has 9 heteroatoms. The van der Waals surface area contributed by atoms with Crippen molar-refractivity contribution in [2.45, 2.75) is 0 Å². The van der Waals surface area contributed by atoms with Crippen LogP contribution in [-0.2, 0) is 4.79 Å². The Balaban J connectivity index is 2.27. The molecule has 0 bridgehead atoms. The number of nitro groups is 1. The summed E-state index contributed by atoms with van der Waals surface area (Å²) in [4.78, 5) is 22.6. The summed E-state index contributed by atoms with van der Waals surface area (Å²) in [5, 5.41) is 22.7. The average molecular weight is 507 g/mol. The molecule has 0 aromatic heterocycles. The van der Waals surface area contributed by atoms with Crippen LogP contribution in [0.15, 0.2) is 63.6 Å². The van der Waals surface area contributed by atoms with Gasteiger partial charge in [-0.1, -0.05) is 18.7 Å². The van der Waals surface area contributed by atoms with E-state index in [2.05, 4.69) is 43.8 Å². The average Bonchev–Trinajstić information content (AvgIpc) is 2.65. The van der Waals surface area contributed by atoms with Gasteiger partial charge < -0.3 is 10.1 Å². The van der Waals surface area contributed by atoms with E-state index in [-0.39, 0.29) is 16.9 Å². The minimum Gasteiger partial charge on any atom is -0.487 e. The van der Waals surface area contributed by atoms with Crippen molar-refractivity contribution in [3.05, 3.63) is 79.2 Å². The second-order valence-corrected chi connectivity index (χ2v) is 7.05. The molecule has 0 heterocycles. The van der Waals surface area contributed by atoms with Gasteiger partial charge in [0.2, 0.25) is 0 Å². The lowest BCUT2D eigenvalue weighted by Gasteiger charge is -2.10. The summed E-state index contributed by atoms with van der Waals surface area (Å²) in [6.45, 7) is 3.91. The number of nitrogens with one attached hydrogen (secondary N) is 1. The molecule has 0 atom stereocenters. The molecule has 142 valence electrons. The zero-order chi connectivity index (χ0) is 20.7. The van der Waals surface area contributed by atoms with Crippen molar-refractivity contribution in [3.63, 3.8) is 0 Å². The zero-order valence-electron chi connectivity index (χ0n) is 14.3. The van der Waals surface area contributed by atoms with Crippen LogP contribution in [0.2, 0.25) is 0 Å². The lowest BCUT2D eigenvalue weighted by Crippen LogP contribution is -2.13. The summed E-state index contributed by atoms with van der Waals surface area (Å²) in [5.74, 6) is -0.112. The second kappa shape index (κ2) is 9.82. The van der Waals surface area contributed by atoms with Crippen LogP contribution in [0.25, 0.3) is 6.08 Å². The topological polar surface area (TPSA) is 105 Å². The third-order valence-electron chi connectivity index (χ3n) is 3.36. The minimum atomic E-state index is -0.678. The van der Waals surface area contributed by atoms with E-state index in [1.54, 1.807) is 18.2 Å². The number of nitrogens with zero attached hydrogens (tertiary/aromatic N) is 2. The molecule has 2 aromatic rings. The largest absolute Gasteiger partial charge is 0.487 e. The molecule has 0 aliphatic carbocycles. The van der Waals surface area contributed by atoms with Gasteiger partial charge in [0, 0.05) is 17.8 Å². The predicted octanol–water partition coefficient (Wildman–Crippen LogP) is 5.23. The number of non-ortho nitro benzene ring substituents is 1. The first-order valence-electron chi connectivity index (χ1n) is 7.76. The molecule has 0 aliphatic heterocycles. The lowest BCUT2D eigenvalue weighted by molar-refractivity contribution is -0.384. The van der Waals surface area contributed by atoms with Gasteiger partial charge in [0.05, 0.1) is 13.9 Å². The molecule has 2 rings (SSSR count). The fraction of sp³-hybridized carbons (Fsp3) is 0.0526. The Hall–Kier alpha value is -2.96. The molecular formula is C19H13Br2N3O4. The van der Waals surface area contributed by atoms with Crippen molar-refractivity contribution in [2.24, 2.45) is 0 Å². The van der Waals surface area contributed by atoms with Crippen molar-refractivity contribution in [3.8, 4) is 11.8 Å². The Morgan fingerprint density at radius 2 is 2.00 bits per heavy atom. The number of nitro benzene ring substituents is 1. The van der Waals surface area contributed by atoms with Crippen LogP contribution in [0.3, 0.4) is 0 Å². The van der Waals surface area contributed by atoms with E-state index < -0.39 is 10.8 Å². The fourth-order valence-corrected chi connectivity index (χ4v) is 3.60. The third-order valence-corrected chi connectivity index (χ3v) is 4.54. The number of carbonyl (C=O) groups excluding carboxylic acids is 1. The SMILES string of the molecule is C=CCOc1c(Br)cc(/C=C(\C#N)C(=O)Nc2cccc([N+](=O)[O-])c2)cc1Br. The van der Waals surface area contributed by atoms with Gasteiger partial charge in [-0.15, -0.1) is 0 Å². The minimum absolute atomic E-state index is 0.162. The molecule has 1 N–H and O–H groups in total. The maximum Gasteiger partial charge on any atom is 0.271 e. The van der Waals surface area contributed by atoms with Gasteiger partial charge in [-0.3, -0.25) is 14.9 Å². The van der Waals surface area contributed by atoms with Crippen LogP contribution in [0.5, 0.6) is 5.75 Å². The number of hydrogen-bond donors (Lipinski definition) is 1. The number of rotatable bonds is 7. The van der Waals surface area contributed by atoms with E-state index >= 15 is 0 Å². The molecule has 0 saturated carbocycles. The van der Waals surface area contributed by atoms with E-state index in [4.69, 9.17) is 4.74 Å². The summed E-state index contributed by atoms with van der Waals surface area (Å²) < 4.78 is 6.79. The predicted molar refractivity (Wildman–Crippen MR) is 113 cm³/mol. The van der Waals surface area contributed by atoms with Crippen molar-refractivity contribution in [1.82, 2.24) is 0 Å². The highest BCUT2D eigenvalue weighted by atomic mass is 79.9. The highest BCUT2D eigenvalue weighted by Gasteiger charge is 2.14. The number of halogens is 2. The first-order chi connectivity index (χ1) is 13.3. The van der Waals surface area contributed by atoms with Gasteiger partial charge in [-0.25, -0.2) is 0 Å². The standard InChI is InChI=1S/C19H13Br2N3O4/c1-2-6-28-18-16(20)8-12(9-17(18)21)7-13(11-22)19(25)23-14-4-3-5-15(10-14)24(26)27/h2-5,7-10H,1,6H2,(H,23,25)/b13-7+. The highest BCUT2D eigenvalue weighted by Crippen LogP contribution is 2.35. The highest BCUT2D eigenvalue weighted by molar-refractivity contribution is 9.11. The molecule has 0 fully saturated rings. The van der Waals surface area contributed by atoms with Crippen molar-refractivity contribution < 1.29 is 14.5 Å². The molecule has 7 nitrogen and oxygen atoms in total. The summed E-state index contributed by atoms with van der Waals surface area (Å²) in [5.41, 5.74) is 0.472. The Kier molecular flexibility index (Phi) is 7.49. The first-order valence-corrected chi connectivity index (χ1v) is 9.34. The lowest BCUT2D eigenvalue weighted by atomic mass is 10.1. The number of anilines is 1. The van der Waals surface area contributed by atoms with Crippen LogP contribution in [-0.4, -0.2) is 17.4 Å². The van der Waals surface area contributed by atoms with E-state index in [0.717, 1.165) is 0 Å². The summed E-state index contributed by atoms with van der Waals surface area (Å²) in [7, 11) is 0. The first kappa shape index (κ1) is 21.3. The van der Waals surface area contributed by atoms with Crippen LogP contribution < -0.4 is 10.1 Å². The Bertz CT molecular complexity index is 989. The molecule has 28 heavy (non-hydrogen) atoms. The molecule has 0 radical (unpaired) electrons. The van der Waals surface area contributed by atoms with E-state index in [1.165, 1.54) is 30.3 Å². The van der Waals surface area contributed by atoms with Gasteiger partial charge >= 0.3 is 0 Å². The van der Waals surface area contributed by atoms with Gasteiger partial charge in [0.25, 0.3) is 11.6 Å². The fourth-order valence-electron chi connectivity index (χ4n) is 2.15. The Morgan fingerprint density at radius 3 is 2.57 bits per heavy atom. The van der Waals surface area contributed by atoms with Crippen LogP contribution in [0, 0.1) is 21.4 Å². The van der Waals surface area contributed by atoms with Crippen molar-refractivity contribution in [2.75, 3.05) is 11.9 Å². The van der Waals surface area contributed by atoms with Crippen LogP contribution in [0.4, 0.5) is 11.4 Å². The van der Waals surface area contributed by atoms with Crippen LogP contribution in [0.1, 0.15) is 5.56 Å². The molecule has 0 unspecified atom stereocenters.